The Morgan fingerprint density at radius 1 is 1.24 bits per heavy atom. The average Bonchev–Trinajstić information content (AvgIpc) is 2.54. The molecule has 7 nitrogen and oxygen atoms in total. The Balaban J connectivity index is 2.48. The lowest BCUT2D eigenvalue weighted by molar-refractivity contribution is -0.148. The molecule has 0 bridgehead atoms. The minimum absolute atomic E-state index is 0.00727. The highest BCUT2D eigenvalue weighted by molar-refractivity contribution is 5.88. The molecule has 0 aliphatic heterocycles. The molecule has 25 heavy (non-hydrogen) atoms. The van der Waals surface area contributed by atoms with Crippen LogP contribution in [0.5, 0.6) is 0 Å². The highest BCUT2D eigenvalue weighted by Crippen LogP contribution is 2.15. The molecule has 0 radical (unpaired) electrons. The maximum absolute atomic E-state index is 11.8. The van der Waals surface area contributed by atoms with E-state index in [-0.39, 0.29) is 18.2 Å². The van der Waals surface area contributed by atoms with Crippen LogP contribution in [0.3, 0.4) is 0 Å². The molecule has 0 saturated heterocycles. The van der Waals surface area contributed by atoms with Gasteiger partial charge in [-0.15, -0.1) is 0 Å². The number of carbonyl (C=O) groups excluding carboxylic acids is 3. The first-order valence-electron chi connectivity index (χ1n) is 7.90. The second-order valence-corrected chi connectivity index (χ2v) is 6.23. The van der Waals surface area contributed by atoms with E-state index in [1.165, 1.54) is 6.92 Å². The second-order valence-electron chi connectivity index (χ2n) is 6.23. The van der Waals surface area contributed by atoms with E-state index in [2.05, 4.69) is 16.7 Å². The number of anilines is 1. The molecule has 0 heterocycles. The van der Waals surface area contributed by atoms with Crippen molar-refractivity contribution in [1.29, 1.82) is 5.26 Å². The molecule has 0 spiro atoms. The third kappa shape index (κ3) is 6.63. The van der Waals surface area contributed by atoms with Crippen LogP contribution in [-0.2, 0) is 25.5 Å². The Labute approximate surface area is 147 Å². The molecule has 1 rings (SSSR count). The van der Waals surface area contributed by atoms with Gasteiger partial charge in [-0.1, -0.05) is 26.0 Å². The van der Waals surface area contributed by atoms with Crippen LogP contribution in [0.15, 0.2) is 24.3 Å². The molecular formula is C18H23N3O4. The van der Waals surface area contributed by atoms with E-state index >= 15 is 0 Å². The monoisotopic (exact) mass is 345 g/mol. The number of rotatable bonds is 7. The zero-order chi connectivity index (χ0) is 19.0. The van der Waals surface area contributed by atoms with E-state index in [1.807, 2.05) is 13.8 Å². The minimum atomic E-state index is -1.01. The van der Waals surface area contributed by atoms with Gasteiger partial charge in [0.05, 0.1) is 12.5 Å². The summed E-state index contributed by atoms with van der Waals surface area (Å²) in [5.41, 5.74) is 0.320. The maximum atomic E-state index is 11.8. The topological polar surface area (TPSA) is 108 Å². The van der Waals surface area contributed by atoms with E-state index in [0.29, 0.717) is 11.3 Å². The Kier molecular flexibility index (Phi) is 7.12. The van der Waals surface area contributed by atoms with Gasteiger partial charge in [0.25, 0.3) is 5.91 Å². The number of nitrogens with zero attached hydrogens (tertiary/aromatic N) is 1. The van der Waals surface area contributed by atoms with Gasteiger partial charge < -0.3 is 15.4 Å². The van der Waals surface area contributed by atoms with Crippen molar-refractivity contribution in [3.63, 3.8) is 0 Å². The number of nitrogens with one attached hydrogen (secondary N) is 2. The number of nitriles is 1. The fraction of sp³-hybridized carbons (Fsp3) is 0.444. The molecule has 0 aliphatic carbocycles. The summed E-state index contributed by atoms with van der Waals surface area (Å²) in [7, 11) is 0. The second kappa shape index (κ2) is 8.83. The summed E-state index contributed by atoms with van der Waals surface area (Å²) < 4.78 is 4.94. The molecule has 0 fully saturated rings. The summed E-state index contributed by atoms with van der Waals surface area (Å²) in [6.07, 6.45) is 0.00727. The van der Waals surface area contributed by atoms with Crippen molar-refractivity contribution in [2.45, 2.75) is 39.7 Å². The van der Waals surface area contributed by atoms with Crippen molar-refractivity contribution in [2.75, 3.05) is 11.9 Å². The molecule has 0 unspecified atom stereocenters. The smallest absolute Gasteiger partial charge is 0.310 e. The van der Waals surface area contributed by atoms with E-state index in [0.717, 1.165) is 0 Å². The van der Waals surface area contributed by atoms with E-state index in [9.17, 15) is 14.4 Å². The van der Waals surface area contributed by atoms with Crippen molar-refractivity contribution in [3.05, 3.63) is 29.8 Å². The lowest BCUT2D eigenvalue weighted by Crippen LogP contribution is -2.50. The fourth-order valence-corrected chi connectivity index (χ4v) is 1.90. The van der Waals surface area contributed by atoms with Crippen molar-refractivity contribution >= 4 is 23.5 Å². The normalized spacial score (nSPS) is 12.6. The number of hydrogen-bond acceptors (Lipinski definition) is 5. The number of benzene rings is 1. The molecule has 2 amide bonds. The van der Waals surface area contributed by atoms with Crippen molar-refractivity contribution in [2.24, 2.45) is 5.92 Å². The molecule has 0 saturated carbocycles. The van der Waals surface area contributed by atoms with E-state index in [4.69, 9.17) is 10.00 Å². The maximum Gasteiger partial charge on any atom is 0.310 e. The number of carbonyl (C=O) groups is 3. The van der Waals surface area contributed by atoms with Gasteiger partial charge in [0.15, 0.2) is 6.61 Å². The summed E-state index contributed by atoms with van der Waals surface area (Å²) >= 11 is 0. The van der Waals surface area contributed by atoms with Crippen LogP contribution in [0, 0.1) is 17.2 Å². The summed E-state index contributed by atoms with van der Waals surface area (Å²) in [6, 6.07) is 8.79. The van der Waals surface area contributed by atoms with Crippen molar-refractivity contribution < 1.29 is 19.1 Å². The van der Waals surface area contributed by atoms with Gasteiger partial charge in [-0.05, 0) is 30.5 Å². The zero-order valence-electron chi connectivity index (χ0n) is 14.9. The van der Waals surface area contributed by atoms with Crippen LogP contribution in [0.4, 0.5) is 5.69 Å². The predicted octanol–water partition coefficient (Wildman–Crippen LogP) is 1.79. The molecule has 1 aromatic carbocycles. The van der Waals surface area contributed by atoms with Gasteiger partial charge in [0.2, 0.25) is 5.91 Å². The Bertz CT molecular complexity index is 677. The van der Waals surface area contributed by atoms with Crippen LogP contribution in [-0.4, -0.2) is 29.9 Å². The summed E-state index contributed by atoms with van der Waals surface area (Å²) in [6.45, 7) is 6.23. The van der Waals surface area contributed by atoms with Gasteiger partial charge in [0, 0.05) is 12.6 Å². The van der Waals surface area contributed by atoms with Gasteiger partial charge >= 0.3 is 5.97 Å². The highest BCUT2D eigenvalue weighted by atomic mass is 16.5. The molecule has 134 valence electrons. The first-order valence-corrected chi connectivity index (χ1v) is 7.90. The third-order valence-electron chi connectivity index (χ3n) is 3.77. The summed E-state index contributed by atoms with van der Waals surface area (Å²) in [5, 5.41) is 14.4. The highest BCUT2D eigenvalue weighted by Gasteiger charge is 2.30. The minimum Gasteiger partial charge on any atom is -0.455 e. The van der Waals surface area contributed by atoms with Crippen LogP contribution >= 0.6 is 0 Å². The lowest BCUT2D eigenvalue weighted by atomic mass is 9.90. The Morgan fingerprint density at radius 2 is 1.84 bits per heavy atom. The van der Waals surface area contributed by atoms with Gasteiger partial charge in [-0.25, -0.2) is 0 Å². The molecule has 0 aromatic heterocycles. The fourth-order valence-electron chi connectivity index (χ4n) is 1.90. The SMILES string of the molecule is CC(=O)Nc1ccc(CC(=O)OCC(=O)N[C@@](C)(C#N)C(C)C)cc1. The molecule has 2 N–H and O–H groups in total. The van der Waals surface area contributed by atoms with Gasteiger partial charge in [-0.2, -0.15) is 5.26 Å². The Hall–Kier alpha value is -2.88. The number of hydrogen-bond donors (Lipinski definition) is 2. The summed E-state index contributed by atoms with van der Waals surface area (Å²) in [5.74, 6) is -1.33. The Morgan fingerprint density at radius 3 is 2.32 bits per heavy atom. The molecule has 7 heteroatoms. The van der Waals surface area contributed by atoms with Crippen LogP contribution < -0.4 is 10.6 Å². The zero-order valence-corrected chi connectivity index (χ0v) is 14.9. The first-order chi connectivity index (χ1) is 11.7. The van der Waals surface area contributed by atoms with Crippen molar-refractivity contribution in [3.8, 4) is 6.07 Å². The molecule has 0 aliphatic rings. The number of amides is 2. The van der Waals surface area contributed by atoms with E-state index in [1.54, 1.807) is 31.2 Å². The quantitative estimate of drug-likeness (QED) is 0.732. The molecule has 1 aromatic rings. The van der Waals surface area contributed by atoms with Crippen LogP contribution in [0.2, 0.25) is 0 Å². The molecule has 1 atom stereocenters. The summed E-state index contributed by atoms with van der Waals surface area (Å²) in [4.78, 5) is 34.6. The largest absolute Gasteiger partial charge is 0.455 e. The average molecular weight is 345 g/mol. The van der Waals surface area contributed by atoms with Gasteiger partial charge in [0.1, 0.15) is 5.54 Å². The van der Waals surface area contributed by atoms with Gasteiger partial charge in [-0.3, -0.25) is 14.4 Å². The predicted molar refractivity (Wildman–Crippen MR) is 92.4 cm³/mol. The van der Waals surface area contributed by atoms with Crippen LogP contribution in [0.25, 0.3) is 0 Å². The lowest BCUT2D eigenvalue weighted by Gasteiger charge is -2.27. The third-order valence-corrected chi connectivity index (χ3v) is 3.77. The number of esters is 1. The first kappa shape index (κ1) is 20.2. The standard InChI is InChI=1S/C18H23N3O4/c1-12(2)18(4,11-19)21-16(23)10-25-17(24)9-14-5-7-15(8-6-14)20-13(3)22/h5-8,12H,9-10H2,1-4H3,(H,20,22)(H,21,23)/t18-/m0/s1. The number of ether oxygens (including phenoxy) is 1. The van der Waals surface area contributed by atoms with Crippen molar-refractivity contribution in [1.82, 2.24) is 5.32 Å². The molecular weight excluding hydrogens is 322 g/mol. The van der Waals surface area contributed by atoms with Crippen LogP contribution in [0.1, 0.15) is 33.3 Å². The van der Waals surface area contributed by atoms with E-state index < -0.39 is 24.0 Å².